The third-order valence-electron chi connectivity index (χ3n) is 2.55. The Hall–Kier alpha value is -1.05. The molecule has 0 rings (SSSR count). The average molecular weight is 224 g/mol. The van der Waals surface area contributed by atoms with Gasteiger partial charge in [0.2, 0.25) is 0 Å². The molecule has 0 saturated heterocycles. The molecule has 0 fully saturated rings. The molecule has 0 aromatic carbocycles. The highest BCUT2D eigenvalue weighted by atomic mass is 16.4. The summed E-state index contributed by atoms with van der Waals surface area (Å²) in [6.45, 7) is 6.34. The van der Waals surface area contributed by atoms with Crippen LogP contribution in [0, 0.1) is 5.92 Å². The van der Waals surface area contributed by atoms with Crippen LogP contribution in [0.2, 0.25) is 0 Å². The van der Waals surface area contributed by atoms with Gasteiger partial charge in [0, 0.05) is 6.08 Å². The molecule has 0 aromatic heterocycles. The van der Waals surface area contributed by atoms with Gasteiger partial charge in [-0.2, -0.15) is 0 Å². The van der Waals surface area contributed by atoms with Crippen LogP contribution in [0.5, 0.6) is 0 Å². The Balaban J connectivity index is 3.86. The van der Waals surface area contributed by atoms with Crippen molar-refractivity contribution in [2.75, 3.05) is 0 Å². The van der Waals surface area contributed by atoms with E-state index in [0.717, 1.165) is 5.57 Å². The molecule has 0 unspecified atom stereocenters. The fraction of sp³-hybridized carbons (Fsp3) is 0.643. The highest BCUT2D eigenvalue weighted by Crippen LogP contribution is 2.13. The minimum Gasteiger partial charge on any atom is -0.478 e. The highest BCUT2D eigenvalue weighted by Gasteiger charge is 1.98. The SMILES string of the molecule is CCCCCC[C@H](C)/C=C(C)/C=C/C(=O)O. The van der Waals surface area contributed by atoms with Gasteiger partial charge in [-0.25, -0.2) is 4.79 Å². The summed E-state index contributed by atoms with van der Waals surface area (Å²) in [7, 11) is 0. The number of hydrogen-bond acceptors (Lipinski definition) is 1. The van der Waals surface area contributed by atoms with Gasteiger partial charge in [-0.15, -0.1) is 0 Å². The summed E-state index contributed by atoms with van der Waals surface area (Å²) in [6, 6.07) is 0. The van der Waals surface area contributed by atoms with Crippen molar-refractivity contribution in [1.82, 2.24) is 0 Å². The molecule has 0 bridgehead atoms. The number of carboxylic acids is 1. The molecule has 92 valence electrons. The molecule has 0 amide bonds. The van der Waals surface area contributed by atoms with Crippen LogP contribution in [-0.4, -0.2) is 11.1 Å². The Bertz CT molecular complexity index is 251. The van der Waals surface area contributed by atoms with Crippen molar-refractivity contribution in [1.29, 1.82) is 0 Å². The topological polar surface area (TPSA) is 37.3 Å². The Morgan fingerprint density at radius 1 is 1.25 bits per heavy atom. The van der Waals surface area contributed by atoms with E-state index < -0.39 is 5.97 Å². The van der Waals surface area contributed by atoms with Gasteiger partial charge in [0.25, 0.3) is 0 Å². The van der Waals surface area contributed by atoms with Crippen LogP contribution in [0.15, 0.2) is 23.8 Å². The van der Waals surface area contributed by atoms with E-state index in [1.54, 1.807) is 6.08 Å². The predicted octanol–water partition coefficient (Wildman–Crippen LogP) is 4.18. The molecular weight excluding hydrogens is 200 g/mol. The van der Waals surface area contributed by atoms with Crippen LogP contribution in [-0.2, 0) is 4.79 Å². The van der Waals surface area contributed by atoms with Crippen molar-refractivity contribution >= 4 is 5.97 Å². The molecule has 0 radical (unpaired) electrons. The van der Waals surface area contributed by atoms with Crippen LogP contribution < -0.4 is 0 Å². The number of unbranched alkanes of at least 4 members (excludes halogenated alkanes) is 3. The molecule has 0 spiro atoms. The molecule has 0 saturated carbocycles. The lowest BCUT2D eigenvalue weighted by Gasteiger charge is -2.06. The summed E-state index contributed by atoms with van der Waals surface area (Å²) in [5.41, 5.74) is 1.03. The Morgan fingerprint density at radius 2 is 1.94 bits per heavy atom. The zero-order valence-electron chi connectivity index (χ0n) is 10.7. The van der Waals surface area contributed by atoms with E-state index in [4.69, 9.17) is 5.11 Å². The molecular formula is C14H24O2. The average Bonchev–Trinajstić information content (AvgIpc) is 2.21. The van der Waals surface area contributed by atoms with Crippen molar-refractivity contribution in [2.45, 2.75) is 52.9 Å². The molecule has 0 aliphatic heterocycles. The quantitative estimate of drug-likeness (QED) is 0.381. The van der Waals surface area contributed by atoms with Crippen LogP contribution in [0.4, 0.5) is 0 Å². The van der Waals surface area contributed by atoms with Crippen LogP contribution in [0.25, 0.3) is 0 Å². The second-order valence-electron chi connectivity index (χ2n) is 4.41. The lowest BCUT2D eigenvalue weighted by atomic mass is 10.00. The molecule has 1 N–H and O–H groups in total. The summed E-state index contributed by atoms with van der Waals surface area (Å²) in [6.07, 6.45) is 11.3. The number of carbonyl (C=O) groups is 1. The summed E-state index contributed by atoms with van der Waals surface area (Å²) in [5.74, 6) is -0.348. The lowest BCUT2D eigenvalue weighted by molar-refractivity contribution is -0.131. The molecule has 2 nitrogen and oxygen atoms in total. The van der Waals surface area contributed by atoms with Gasteiger partial charge in [0.1, 0.15) is 0 Å². The fourth-order valence-corrected chi connectivity index (χ4v) is 1.68. The molecule has 2 heteroatoms. The lowest BCUT2D eigenvalue weighted by Crippen LogP contribution is -1.92. The zero-order chi connectivity index (χ0) is 12.4. The maximum atomic E-state index is 10.3. The van der Waals surface area contributed by atoms with E-state index in [-0.39, 0.29) is 0 Å². The molecule has 0 heterocycles. The first-order chi connectivity index (χ1) is 7.56. The number of aliphatic carboxylic acids is 1. The highest BCUT2D eigenvalue weighted by molar-refractivity contribution is 5.80. The van der Waals surface area contributed by atoms with Gasteiger partial charge >= 0.3 is 5.97 Å². The molecule has 0 aliphatic carbocycles. The predicted molar refractivity (Wildman–Crippen MR) is 68.5 cm³/mol. The van der Waals surface area contributed by atoms with Crippen molar-refractivity contribution < 1.29 is 9.90 Å². The summed E-state index contributed by atoms with van der Waals surface area (Å²) < 4.78 is 0. The van der Waals surface area contributed by atoms with Gasteiger partial charge < -0.3 is 5.11 Å². The zero-order valence-corrected chi connectivity index (χ0v) is 10.7. The molecule has 0 aliphatic rings. The van der Waals surface area contributed by atoms with E-state index in [0.29, 0.717) is 5.92 Å². The van der Waals surface area contributed by atoms with Crippen LogP contribution in [0.1, 0.15) is 52.9 Å². The third-order valence-corrected chi connectivity index (χ3v) is 2.55. The van der Waals surface area contributed by atoms with Crippen molar-refractivity contribution in [3.8, 4) is 0 Å². The number of carboxylic acid groups (broad SMARTS) is 1. The van der Waals surface area contributed by atoms with E-state index >= 15 is 0 Å². The van der Waals surface area contributed by atoms with E-state index in [9.17, 15) is 4.79 Å². The molecule has 0 aromatic rings. The minimum atomic E-state index is -0.886. The normalized spacial score (nSPS) is 14.3. The van der Waals surface area contributed by atoms with Gasteiger partial charge in [0.15, 0.2) is 0 Å². The van der Waals surface area contributed by atoms with Gasteiger partial charge in [-0.3, -0.25) is 0 Å². The second-order valence-corrected chi connectivity index (χ2v) is 4.41. The molecule has 1 atom stereocenters. The largest absolute Gasteiger partial charge is 0.478 e. The Kier molecular flexibility index (Phi) is 8.59. The summed E-state index contributed by atoms with van der Waals surface area (Å²) >= 11 is 0. The van der Waals surface area contributed by atoms with Crippen LogP contribution >= 0.6 is 0 Å². The van der Waals surface area contributed by atoms with Crippen LogP contribution in [0.3, 0.4) is 0 Å². The number of allylic oxidation sites excluding steroid dienone is 3. The van der Waals surface area contributed by atoms with E-state index in [1.165, 1.54) is 38.2 Å². The number of rotatable bonds is 8. The van der Waals surface area contributed by atoms with Crippen molar-refractivity contribution in [3.05, 3.63) is 23.8 Å². The summed E-state index contributed by atoms with van der Waals surface area (Å²) in [4.78, 5) is 10.3. The Labute approximate surface area is 99.1 Å². The van der Waals surface area contributed by atoms with Gasteiger partial charge in [0.05, 0.1) is 0 Å². The third kappa shape index (κ3) is 9.50. The van der Waals surface area contributed by atoms with E-state index in [2.05, 4.69) is 19.9 Å². The number of hydrogen-bond donors (Lipinski definition) is 1. The second kappa shape index (κ2) is 9.20. The van der Waals surface area contributed by atoms with Gasteiger partial charge in [-0.1, -0.05) is 57.3 Å². The van der Waals surface area contributed by atoms with Crippen molar-refractivity contribution in [3.63, 3.8) is 0 Å². The fourth-order valence-electron chi connectivity index (χ4n) is 1.68. The summed E-state index contributed by atoms with van der Waals surface area (Å²) in [5, 5.41) is 8.48. The van der Waals surface area contributed by atoms with E-state index in [1.807, 2.05) is 6.92 Å². The first-order valence-electron chi connectivity index (χ1n) is 6.15. The monoisotopic (exact) mass is 224 g/mol. The first kappa shape index (κ1) is 14.9. The van der Waals surface area contributed by atoms with Gasteiger partial charge in [-0.05, 0) is 19.3 Å². The minimum absolute atomic E-state index is 0.537. The first-order valence-corrected chi connectivity index (χ1v) is 6.15. The Morgan fingerprint density at radius 3 is 2.50 bits per heavy atom. The molecule has 16 heavy (non-hydrogen) atoms. The standard InChI is InChI=1S/C14H24O2/c1-4-5-6-7-8-12(2)11-13(3)9-10-14(15)16/h9-12H,4-8H2,1-3H3,(H,15,16)/b10-9+,13-11+/t12-/m0/s1. The van der Waals surface area contributed by atoms with Crippen molar-refractivity contribution in [2.24, 2.45) is 5.92 Å². The maximum absolute atomic E-state index is 10.3. The maximum Gasteiger partial charge on any atom is 0.328 e. The smallest absolute Gasteiger partial charge is 0.328 e.